The number of benzene rings is 1. The van der Waals surface area contributed by atoms with E-state index in [4.69, 9.17) is 10.8 Å². The van der Waals surface area contributed by atoms with Gasteiger partial charge in [0.05, 0.1) is 5.56 Å². The van der Waals surface area contributed by atoms with Crippen molar-refractivity contribution >= 4 is 5.97 Å². The lowest BCUT2D eigenvalue weighted by Gasteiger charge is -2.15. The number of carbonyl (C=O) groups is 1. The standard InChI is InChI=1S/C10H10F3NO3/c11-10(12,13)6-2-1-3-8(15)5(6)4-7(14)9(16)17/h1-3,7,15H,4,14H2,(H,16,17). The van der Waals surface area contributed by atoms with Crippen molar-refractivity contribution in [2.45, 2.75) is 18.6 Å². The van der Waals surface area contributed by atoms with Crippen LogP contribution in [0.2, 0.25) is 0 Å². The van der Waals surface area contributed by atoms with Crippen LogP contribution in [-0.4, -0.2) is 22.2 Å². The van der Waals surface area contributed by atoms with Crippen molar-refractivity contribution in [3.05, 3.63) is 29.3 Å². The summed E-state index contributed by atoms with van der Waals surface area (Å²) in [5.74, 6) is -2.04. The van der Waals surface area contributed by atoms with E-state index in [1.165, 1.54) is 0 Å². The molecule has 0 amide bonds. The second-order valence-electron chi connectivity index (χ2n) is 3.45. The molecule has 4 nitrogen and oxygen atoms in total. The van der Waals surface area contributed by atoms with Gasteiger partial charge in [-0.2, -0.15) is 13.2 Å². The molecule has 1 aromatic carbocycles. The molecule has 0 aliphatic heterocycles. The first-order valence-electron chi connectivity index (χ1n) is 4.60. The van der Waals surface area contributed by atoms with E-state index >= 15 is 0 Å². The number of aromatic hydroxyl groups is 1. The summed E-state index contributed by atoms with van der Waals surface area (Å²) in [5.41, 5.74) is 3.57. The zero-order chi connectivity index (χ0) is 13.2. The van der Waals surface area contributed by atoms with Crippen LogP contribution in [0.1, 0.15) is 11.1 Å². The van der Waals surface area contributed by atoms with Crippen LogP contribution in [-0.2, 0) is 17.4 Å². The van der Waals surface area contributed by atoms with E-state index in [-0.39, 0.29) is 0 Å². The Bertz CT molecular complexity index is 431. The minimum Gasteiger partial charge on any atom is -0.508 e. The Morgan fingerprint density at radius 1 is 1.41 bits per heavy atom. The topological polar surface area (TPSA) is 83.5 Å². The Morgan fingerprint density at radius 2 is 2.00 bits per heavy atom. The maximum Gasteiger partial charge on any atom is 0.416 e. The van der Waals surface area contributed by atoms with E-state index in [0.717, 1.165) is 18.2 Å². The average molecular weight is 249 g/mol. The van der Waals surface area contributed by atoms with Crippen LogP contribution in [0, 0.1) is 0 Å². The molecule has 0 aliphatic rings. The van der Waals surface area contributed by atoms with Crippen molar-refractivity contribution in [2.24, 2.45) is 5.73 Å². The summed E-state index contributed by atoms with van der Waals surface area (Å²) in [4.78, 5) is 10.5. The monoisotopic (exact) mass is 249 g/mol. The van der Waals surface area contributed by atoms with Gasteiger partial charge in [-0.1, -0.05) is 6.07 Å². The molecule has 1 atom stereocenters. The summed E-state index contributed by atoms with van der Waals surface area (Å²) >= 11 is 0. The smallest absolute Gasteiger partial charge is 0.416 e. The lowest BCUT2D eigenvalue weighted by molar-refractivity contribution is -0.141. The summed E-state index contributed by atoms with van der Waals surface area (Å²) in [6.45, 7) is 0. The number of hydrogen-bond acceptors (Lipinski definition) is 3. The van der Waals surface area contributed by atoms with Crippen LogP contribution in [0.15, 0.2) is 18.2 Å². The highest BCUT2D eigenvalue weighted by Gasteiger charge is 2.35. The van der Waals surface area contributed by atoms with Crippen LogP contribution < -0.4 is 5.73 Å². The number of nitrogens with two attached hydrogens (primary N) is 1. The molecule has 0 radical (unpaired) electrons. The van der Waals surface area contributed by atoms with E-state index in [2.05, 4.69) is 0 Å². The predicted octanol–water partition coefficient (Wildman–Crippen LogP) is 1.37. The van der Waals surface area contributed by atoms with Gasteiger partial charge in [-0.25, -0.2) is 0 Å². The zero-order valence-corrected chi connectivity index (χ0v) is 8.53. The number of hydrogen-bond donors (Lipinski definition) is 3. The third kappa shape index (κ3) is 3.10. The van der Waals surface area contributed by atoms with Gasteiger partial charge in [0.25, 0.3) is 0 Å². The fourth-order valence-corrected chi connectivity index (χ4v) is 1.36. The highest BCUT2D eigenvalue weighted by atomic mass is 19.4. The van der Waals surface area contributed by atoms with Crippen molar-refractivity contribution in [2.75, 3.05) is 0 Å². The highest BCUT2D eigenvalue weighted by Crippen LogP contribution is 2.36. The molecule has 0 saturated heterocycles. The summed E-state index contributed by atoms with van der Waals surface area (Å²) in [6, 6.07) is 1.36. The maximum absolute atomic E-state index is 12.6. The molecule has 1 rings (SSSR count). The molecule has 0 fully saturated rings. The molecular weight excluding hydrogens is 239 g/mol. The molecule has 1 aromatic rings. The SMILES string of the molecule is NC(Cc1c(O)cccc1C(F)(F)F)C(=O)O. The van der Waals surface area contributed by atoms with E-state index in [0.29, 0.717) is 0 Å². The minimum absolute atomic E-state index is 0.505. The minimum atomic E-state index is -4.66. The highest BCUT2D eigenvalue weighted by molar-refractivity contribution is 5.73. The molecule has 4 N–H and O–H groups in total. The van der Waals surface area contributed by atoms with E-state index in [9.17, 15) is 23.1 Å². The number of carboxylic acid groups (broad SMARTS) is 1. The maximum atomic E-state index is 12.6. The van der Waals surface area contributed by atoms with Gasteiger partial charge in [-0.05, 0) is 12.1 Å². The quantitative estimate of drug-likeness (QED) is 0.755. The number of phenolic OH excluding ortho intramolecular Hbond substituents is 1. The van der Waals surface area contributed by atoms with Crippen LogP contribution in [0.5, 0.6) is 5.75 Å². The Kier molecular flexibility index (Phi) is 3.62. The molecule has 0 saturated carbocycles. The molecule has 0 heterocycles. The number of aliphatic carboxylic acids is 1. The van der Waals surface area contributed by atoms with E-state index in [1.807, 2.05) is 0 Å². The molecule has 0 aromatic heterocycles. The van der Waals surface area contributed by atoms with Gasteiger partial charge in [-0.15, -0.1) is 0 Å². The molecule has 7 heteroatoms. The van der Waals surface area contributed by atoms with Gasteiger partial charge in [0, 0.05) is 12.0 Å². The molecule has 1 unspecified atom stereocenters. The third-order valence-electron chi connectivity index (χ3n) is 2.20. The summed E-state index contributed by atoms with van der Waals surface area (Å²) in [7, 11) is 0. The van der Waals surface area contributed by atoms with Crippen molar-refractivity contribution in [1.29, 1.82) is 0 Å². The van der Waals surface area contributed by atoms with Crippen molar-refractivity contribution in [1.82, 2.24) is 0 Å². The second kappa shape index (κ2) is 4.62. The third-order valence-corrected chi connectivity index (χ3v) is 2.20. The largest absolute Gasteiger partial charge is 0.508 e. The Hall–Kier alpha value is -1.76. The molecule has 0 aliphatic carbocycles. The summed E-state index contributed by atoms with van der Waals surface area (Å²) < 4.78 is 37.7. The summed E-state index contributed by atoms with van der Waals surface area (Å²) in [5, 5.41) is 17.9. The van der Waals surface area contributed by atoms with Gasteiger partial charge in [0.1, 0.15) is 11.8 Å². The van der Waals surface area contributed by atoms with Crippen LogP contribution in [0.25, 0.3) is 0 Å². The second-order valence-corrected chi connectivity index (χ2v) is 3.45. The number of rotatable bonds is 3. The number of phenols is 1. The fraction of sp³-hybridized carbons (Fsp3) is 0.300. The number of carboxylic acids is 1. The van der Waals surface area contributed by atoms with E-state index < -0.39 is 41.5 Å². The molecular formula is C10H10F3NO3. The van der Waals surface area contributed by atoms with Crippen molar-refractivity contribution in [3.63, 3.8) is 0 Å². The molecule has 0 spiro atoms. The van der Waals surface area contributed by atoms with Gasteiger partial charge < -0.3 is 15.9 Å². The zero-order valence-electron chi connectivity index (χ0n) is 8.53. The number of alkyl halides is 3. The molecule has 94 valence electrons. The van der Waals surface area contributed by atoms with Gasteiger partial charge in [0.2, 0.25) is 0 Å². The lowest BCUT2D eigenvalue weighted by Crippen LogP contribution is -2.33. The first-order valence-corrected chi connectivity index (χ1v) is 4.60. The number of halogens is 3. The van der Waals surface area contributed by atoms with Crippen LogP contribution in [0.4, 0.5) is 13.2 Å². The van der Waals surface area contributed by atoms with Gasteiger partial charge >= 0.3 is 12.1 Å². The first-order chi connectivity index (χ1) is 7.73. The van der Waals surface area contributed by atoms with Gasteiger partial charge in [-0.3, -0.25) is 4.79 Å². The fourth-order valence-electron chi connectivity index (χ4n) is 1.36. The average Bonchev–Trinajstić information content (AvgIpc) is 2.18. The van der Waals surface area contributed by atoms with Crippen LogP contribution in [0.3, 0.4) is 0 Å². The van der Waals surface area contributed by atoms with Crippen molar-refractivity contribution in [3.8, 4) is 5.75 Å². The van der Waals surface area contributed by atoms with Gasteiger partial charge in [0.15, 0.2) is 0 Å². The molecule has 0 bridgehead atoms. The van der Waals surface area contributed by atoms with Crippen molar-refractivity contribution < 1.29 is 28.2 Å². The normalized spacial score (nSPS) is 13.4. The molecule has 17 heavy (non-hydrogen) atoms. The van der Waals surface area contributed by atoms with E-state index in [1.54, 1.807) is 0 Å². The van der Waals surface area contributed by atoms with Crippen LogP contribution >= 0.6 is 0 Å². The first kappa shape index (κ1) is 13.3. The lowest BCUT2D eigenvalue weighted by atomic mass is 9.99. The Labute approximate surface area is 94.5 Å². The predicted molar refractivity (Wildman–Crippen MR) is 52.4 cm³/mol. The summed E-state index contributed by atoms with van der Waals surface area (Å²) in [6.07, 6.45) is -5.25. The Morgan fingerprint density at radius 3 is 2.47 bits per heavy atom. The Balaban J connectivity index is 3.17.